The van der Waals surface area contributed by atoms with Gasteiger partial charge in [-0.15, -0.1) is 0 Å². The Balaban J connectivity index is 1.54. The summed E-state index contributed by atoms with van der Waals surface area (Å²) < 4.78 is 0. The Hall–Kier alpha value is -1.89. The van der Waals surface area contributed by atoms with Crippen molar-refractivity contribution in [3.8, 4) is 0 Å². The SMILES string of the molecule is C(=N[C@@H]1[C@H]2Cc3ccccc3[C@H]21)c1ccccc1. The Labute approximate surface area is 107 Å². The molecule has 0 saturated heterocycles. The third-order valence-corrected chi connectivity index (χ3v) is 4.19. The molecule has 0 spiro atoms. The van der Waals surface area contributed by atoms with E-state index in [0.717, 1.165) is 5.92 Å². The topological polar surface area (TPSA) is 12.4 Å². The maximum absolute atomic E-state index is 4.76. The molecule has 0 amide bonds. The van der Waals surface area contributed by atoms with Crippen LogP contribution in [-0.2, 0) is 6.42 Å². The van der Waals surface area contributed by atoms with Crippen LogP contribution < -0.4 is 0 Å². The van der Waals surface area contributed by atoms with E-state index in [9.17, 15) is 0 Å². The minimum atomic E-state index is 0.528. The second-order valence-corrected chi connectivity index (χ2v) is 5.27. The van der Waals surface area contributed by atoms with Crippen molar-refractivity contribution in [2.45, 2.75) is 18.4 Å². The molecule has 4 rings (SSSR count). The van der Waals surface area contributed by atoms with E-state index >= 15 is 0 Å². The zero-order chi connectivity index (χ0) is 11.9. The second-order valence-electron chi connectivity index (χ2n) is 5.27. The molecule has 3 atom stereocenters. The Morgan fingerprint density at radius 3 is 2.61 bits per heavy atom. The van der Waals surface area contributed by atoms with Crippen molar-refractivity contribution in [3.63, 3.8) is 0 Å². The predicted molar refractivity (Wildman–Crippen MR) is 74.2 cm³/mol. The summed E-state index contributed by atoms with van der Waals surface area (Å²) in [6.45, 7) is 0. The van der Waals surface area contributed by atoms with Crippen LogP contribution in [-0.4, -0.2) is 12.3 Å². The third kappa shape index (κ3) is 1.51. The molecule has 1 fully saturated rings. The molecule has 0 radical (unpaired) electrons. The summed E-state index contributed by atoms with van der Waals surface area (Å²) in [5.74, 6) is 1.46. The molecule has 0 unspecified atom stereocenters. The zero-order valence-corrected chi connectivity index (χ0v) is 10.2. The van der Waals surface area contributed by atoms with Crippen LogP contribution in [0, 0.1) is 5.92 Å². The summed E-state index contributed by atoms with van der Waals surface area (Å²) in [5, 5.41) is 0. The van der Waals surface area contributed by atoms with Gasteiger partial charge >= 0.3 is 0 Å². The molecule has 0 N–H and O–H groups in total. The van der Waals surface area contributed by atoms with Crippen LogP contribution in [0.4, 0.5) is 0 Å². The first-order chi connectivity index (χ1) is 8.93. The van der Waals surface area contributed by atoms with Gasteiger partial charge in [-0.1, -0.05) is 54.6 Å². The summed E-state index contributed by atoms with van der Waals surface area (Å²) in [5.41, 5.74) is 4.28. The highest BCUT2D eigenvalue weighted by Crippen LogP contribution is 2.57. The highest BCUT2D eigenvalue weighted by molar-refractivity contribution is 5.80. The molecule has 0 bridgehead atoms. The Morgan fingerprint density at radius 1 is 0.944 bits per heavy atom. The number of hydrogen-bond acceptors (Lipinski definition) is 1. The second kappa shape index (κ2) is 3.81. The number of hydrogen-bond donors (Lipinski definition) is 0. The summed E-state index contributed by atoms with van der Waals surface area (Å²) in [6, 6.07) is 19.7. The molecule has 2 aromatic carbocycles. The molecule has 0 aromatic heterocycles. The van der Waals surface area contributed by atoms with Crippen LogP contribution in [0.5, 0.6) is 0 Å². The van der Waals surface area contributed by atoms with Gasteiger partial charge in [-0.25, -0.2) is 0 Å². The van der Waals surface area contributed by atoms with Crippen molar-refractivity contribution in [2.24, 2.45) is 10.9 Å². The van der Waals surface area contributed by atoms with Crippen molar-refractivity contribution in [3.05, 3.63) is 71.3 Å². The van der Waals surface area contributed by atoms with E-state index in [1.807, 2.05) is 12.3 Å². The average Bonchev–Trinajstić information content (AvgIpc) is 2.97. The molecule has 0 aliphatic heterocycles. The molecule has 88 valence electrons. The van der Waals surface area contributed by atoms with E-state index in [4.69, 9.17) is 4.99 Å². The summed E-state index contributed by atoms with van der Waals surface area (Å²) in [6.07, 6.45) is 3.25. The number of nitrogens with zero attached hydrogens (tertiary/aromatic N) is 1. The molecule has 1 nitrogen and oxygen atoms in total. The normalized spacial score (nSPS) is 28.1. The Bertz CT molecular complexity index is 600. The number of fused-ring (bicyclic) bond motifs is 3. The molecule has 18 heavy (non-hydrogen) atoms. The molecule has 2 aromatic rings. The van der Waals surface area contributed by atoms with Gasteiger partial charge in [0.15, 0.2) is 0 Å². The van der Waals surface area contributed by atoms with Crippen LogP contribution in [0.25, 0.3) is 0 Å². The summed E-state index contributed by atoms with van der Waals surface area (Å²) in [4.78, 5) is 4.76. The Kier molecular flexibility index (Phi) is 2.13. The molecule has 0 heterocycles. The van der Waals surface area contributed by atoms with E-state index in [1.54, 1.807) is 5.56 Å². The van der Waals surface area contributed by atoms with Gasteiger partial charge in [0.05, 0.1) is 6.04 Å². The highest BCUT2D eigenvalue weighted by Gasteiger charge is 2.55. The fourth-order valence-electron chi connectivity index (χ4n) is 3.23. The monoisotopic (exact) mass is 233 g/mol. The molecule has 1 heteroatoms. The molecular formula is C17H15N. The maximum Gasteiger partial charge on any atom is 0.0609 e. The quantitative estimate of drug-likeness (QED) is 0.705. The summed E-state index contributed by atoms with van der Waals surface area (Å²) >= 11 is 0. The van der Waals surface area contributed by atoms with Crippen LogP contribution in [0.2, 0.25) is 0 Å². The lowest BCUT2D eigenvalue weighted by Crippen LogP contribution is -1.96. The lowest BCUT2D eigenvalue weighted by molar-refractivity contribution is 0.804. The fraction of sp³-hybridized carbons (Fsp3) is 0.235. The first-order valence-electron chi connectivity index (χ1n) is 6.59. The van der Waals surface area contributed by atoms with Crippen molar-refractivity contribution in [1.29, 1.82) is 0 Å². The summed E-state index contributed by atoms with van der Waals surface area (Å²) in [7, 11) is 0. The van der Waals surface area contributed by atoms with Gasteiger partial charge in [0, 0.05) is 12.1 Å². The molecule has 2 aliphatic carbocycles. The maximum atomic E-state index is 4.76. The molecule has 2 aliphatic rings. The lowest BCUT2D eigenvalue weighted by atomic mass is 10.1. The van der Waals surface area contributed by atoms with E-state index < -0.39 is 0 Å². The number of rotatable bonds is 2. The van der Waals surface area contributed by atoms with E-state index in [1.165, 1.54) is 17.5 Å². The average molecular weight is 233 g/mol. The van der Waals surface area contributed by atoms with Crippen molar-refractivity contribution >= 4 is 6.21 Å². The minimum absolute atomic E-state index is 0.528. The van der Waals surface area contributed by atoms with Gasteiger partial charge in [-0.05, 0) is 29.0 Å². The zero-order valence-electron chi connectivity index (χ0n) is 10.2. The van der Waals surface area contributed by atoms with Crippen molar-refractivity contribution < 1.29 is 0 Å². The first-order valence-corrected chi connectivity index (χ1v) is 6.59. The van der Waals surface area contributed by atoms with E-state index in [-0.39, 0.29) is 0 Å². The van der Waals surface area contributed by atoms with Gasteiger partial charge < -0.3 is 0 Å². The highest BCUT2D eigenvalue weighted by atomic mass is 14.9. The van der Waals surface area contributed by atoms with Gasteiger partial charge in [-0.3, -0.25) is 4.99 Å². The van der Waals surface area contributed by atoms with E-state index in [2.05, 4.69) is 48.5 Å². The molecule has 1 saturated carbocycles. The lowest BCUT2D eigenvalue weighted by Gasteiger charge is -2.03. The van der Waals surface area contributed by atoms with Crippen LogP contribution in [0.1, 0.15) is 22.6 Å². The van der Waals surface area contributed by atoms with Gasteiger partial charge in [0.1, 0.15) is 0 Å². The standard InChI is InChI=1S/C17H15N/c1-2-6-12(7-3-1)11-18-17-15-10-13-8-4-5-9-14(13)16(15)17/h1-9,11,15-17H,10H2/t15-,16+,17+/m0/s1. The van der Waals surface area contributed by atoms with Gasteiger partial charge in [-0.2, -0.15) is 0 Å². The van der Waals surface area contributed by atoms with Gasteiger partial charge in [0.2, 0.25) is 0 Å². The smallest absolute Gasteiger partial charge is 0.0609 e. The fourth-order valence-corrected chi connectivity index (χ4v) is 3.23. The van der Waals surface area contributed by atoms with Crippen LogP contribution in [0.3, 0.4) is 0 Å². The number of benzene rings is 2. The molecular weight excluding hydrogens is 218 g/mol. The predicted octanol–water partition coefficient (Wildman–Crippen LogP) is 3.44. The van der Waals surface area contributed by atoms with Crippen molar-refractivity contribution in [1.82, 2.24) is 0 Å². The minimum Gasteiger partial charge on any atom is -0.288 e. The first kappa shape index (κ1) is 10.1. The third-order valence-electron chi connectivity index (χ3n) is 4.19. The number of aliphatic imine (C=N–C) groups is 1. The van der Waals surface area contributed by atoms with Crippen LogP contribution >= 0.6 is 0 Å². The van der Waals surface area contributed by atoms with Gasteiger partial charge in [0.25, 0.3) is 0 Å². The van der Waals surface area contributed by atoms with E-state index in [0.29, 0.717) is 12.0 Å². The largest absolute Gasteiger partial charge is 0.288 e. The van der Waals surface area contributed by atoms with Crippen molar-refractivity contribution in [2.75, 3.05) is 0 Å². The van der Waals surface area contributed by atoms with Crippen LogP contribution in [0.15, 0.2) is 59.6 Å². The Morgan fingerprint density at radius 2 is 1.72 bits per heavy atom.